The Balaban J connectivity index is 0.00000245. The predicted octanol–water partition coefficient (Wildman–Crippen LogP) is 5.11. The second kappa shape index (κ2) is 10.6. The molecule has 0 saturated heterocycles. The predicted molar refractivity (Wildman–Crippen MR) is 133 cm³/mol. The molecule has 0 fully saturated rings. The molecule has 0 bridgehead atoms. The third kappa shape index (κ3) is 5.08. The Kier molecular flexibility index (Phi) is 7.33. The summed E-state index contributed by atoms with van der Waals surface area (Å²) < 4.78 is 5.91. The van der Waals surface area contributed by atoms with Gasteiger partial charge in [0.25, 0.3) is 0 Å². The van der Waals surface area contributed by atoms with E-state index in [1.807, 2.05) is 29.6 Å². The molecule has 5 aromatic rings. The van der Waals surface area contributed by atoms with Gasteiger partial charge < -0.3 is 17.1 Å². The Bertz CT molecular complexity index is 1250. The molecule has 4 heteroatoms. The van der Waals surface area contributed by atoms with E-state index in [-0.39, 0.29) is 12.4 Å². The third-order valence-corrected chi connectivity index (χ3v) is 6.90. The molecule has 0 radical (unpaired) electrons. The van der Waals surface area contributed by atoms with Crippen molar-refractivity contribution in [1.82, 2.24) is 0 Å². The van der Waals surface area contributed by atoms with Crippen LogP contribution >= 0.6 is 11.3 Å². The smallest absolute Gasteiger partial charge is 0.180 e. The molecule has 1 aromatic heterocycles. The molecule has 0 N–H and O–H groups in total. The molecule has 1 heterocycles. The van der Waals surface area contributed by atoms with Gasteiger partial charge in [-0.05, 0) is 64.5 Å². The molecule has 0 saturated carbocycles. The monoisotopic (exact) mass is 472 g/mol. The molecule has 1 nitrogen and oxygen atoms in total. The zero-order valence-electron chi connectivity index (χ0n) is 17.2. The first-order chi connectivity index (χ1) is 15.4. The van der Waals surface area contributed by atoms with E-state index in [1.54, 1.807) is 11.3 Å². The Labute approximate surface area is 203 Å². The minimum Gasteiger partial charge on any atom is -1.00 e. The number of hydrogen-bond acceptors (Lipinski definition) is 2. The van der Waals surface area contributed by atoms with Crippen molar-refractivity contribution in [2.75, 3.05) is 0 Å². The molecule has 0 aliphatic carbocycles. The van der Waals surface area contributed by atoms with Gasteiger partial charge >= 0.3 is 0 Å². The molecule has 0 spiro atoms. The molecule has 0 aliphatic rings. The minimum atomic E-state index is 0. The van der Waals surface area contributed by atoms with E-state index in [0.29, 0.717) is 0 Å². The van der Waals surface area contributed by atoms with Crippen LogP contribution in [0.15, 0.2) is 130 Å². The fourth-order valence-electron chi connectivity index (χ4n) is 3.57. The molecule has 4 aromatic carbocycles. The normalized spacial score (nSPS) is 10.4. The van der Waals surface area contributed by atoms with Crippen molar-refractivity contribution in [3.8, 4) is 33.1 Å². The van der Waals surface area contributed by atoms with E-state index in [9.17, 15) is 0 Å². The summed E-state index contributed by atoms with van der Waals surface area (Å²) in [5.41, 5.74) is 5.02. The van der Waals surface area contributed by atoms with Crippen LogP contribution in [0, 0.1) is 0 Å². The summed E-state index contributed by atoms with van der Waals surface area (Å²) in [6.45, 7) is 0. The highest BCUT2D eigenvalue weighted by molar-refractivity contribution is 7.78. The van der Waals surface area contributed by atoms with Crippen molar-refractivity contribution in [1.29, 1.82) is 0 Å². The van der Waals surface area contributed by atoms with Crippen LogP contribution in [0.2, 0.25) is 0 Å². The van der Waals surface area contributed by atoms with Gasteiger partial charge in [0.05, 0.1) is 0 Å². The van der Waals surface area contributed by atoms with Crippen molar-refractivity contribution in [2.24, 2.45) is 0 Å². The van der Waals surface area contributed by atoms with E-state index < -0.39 is 0 Å². The number of thiophene rings is 1. The fourth-order valence-corrected chi connectivity index (χ4v) is 5.26. The van der Waals surface area contributed by atoms with Crippen molar-refractivity contribution in [3.05, 3.63) is 121 Å². The average molecular weight is 473 g/mol. The van der Waals surface area contributed by atoms with Gasteiger partial charge in [0.1, 0.15) is 5.75 Å². The lowest BCUT2D eigenvalue weighted by Crippen LogP contribution is -3.00. The minimum absolute atomic E-state index is 0. The van der Waals surface area contributed by atoms with E-state index in [4.69, 9.17) is 4.74 Å². The Hall–Kier alpha value is -2.98. The number of hydrogen-bond donors (Lipinski definition) is 0. The summed E-state index contributed by atoms with van der Waals surface area (Å²) in [5.74, 6) is 0.864. The summed E-state index contributed by atoms with van der Waals surface area (Å²) in [6, 6.07) is 40.3. The highest BCUT2D eigenvalue weighted by atomic mass is 35.5. The molecular weight excluding hydrogens is 452 g/mol. The zero-order valence-corrected chi connectivity index (χ0v) is 19.7. The number of benzene rings is 4. The quantitative estimate of drug-likeness (QED) is 0.246. The zero-order chi connectivity index (χ0) is 20.9. The number of rotatable bonds is 6. The van der Waals surface area contributed by atoms with E-state index in [0.717, 1.165) is 10.8 Å². The molecule has 0 aliphatic heterocycles. The summed E-state index contributed by atoms with van der Waals surface area (Å²) in [6.07, 6.45) is 0. The first kappa shape index (κ1) is 22.2. The van der Waals surface area contributed by atoms with Gasteiger partial charge in [0.15, 0.2) is 14.9 Å². The van der Waals surface area contributed by atoms with Crippen LogP contribution < -0.4 is 17.1 Å². The maximum Gasteiger partial charge on any atom is 0.180 e. The van der Waals surface area contributed by atoms with Gasteiger partial charge in [-0.25, -0.2) is 0 Å². The van der Waals surface area contributed by atoms with Crippen LogP contribution in [-0.4, -0.2) is 0 Å². The van der Waals surface area contributed by atoms with Gasteiger partial charge in [0.2, 0.25) is 0 Å². The Morgan fingerprint density at radius 1 is 0.594 bits per heavy atom. The molecule has 0 unspecified atom stereocenters. The van der Waals surface area contributed by atoms with Gasteiger partial charge in [0, 0.05) is 17.3 Å². The first-order valence-electron chi connectivity index (χ1n) is 10.1. The summed E-state index contributed by atoms with van der Waals surface area (Å²) in [4.78, 5) is 2.53. The second-order valence-electron chi connectivity index (χ2n) is 7.07. The van der Waals surface area contributed by atoms with Crippen LogP contribution in [0.25, 0.3) is 22.3 Å². The third-order valence-electron chi connectivity index (χ3n) is 4.99. The van der Waals surface area contributed by atoms with Crippen LogP contribution in [0.1, 0.15) is 0 Å². The average Bonchev–Trinajstić information content (AvgIpc) is 3.34. The van der Waals surface area contributed by atoms with Crippen LogP contribution in [-0.2, 0) is 11.8 Å². The van der Waals surface area contributed by atoms with Crippen molar-refractivity contribution >= 4 is 23.1 Å². The number of ether oxygens (including phenoxy) is 1. The lowest BCUT2D eigenvalue weighted by atomic mass is 9.94. The molecular formula is C28H21ClOS2. The highest BCUT2D eigenvalue weighted by Crippen LogP contribution is 2.37. The molecule has 158 valence electrons. The first-order valence-corrected chi connectivity index (χ1v) is 11.9. The maximum atomic E-state index is 5.91. The van der Waals surface area contributed by atoms with Gasteiger partial charge in [-0.1, -0.05) is 72.8 Å². The standard InChI is InChI=1S/C28H20OS2.ClH/c1-3-9-21(10-4-1)25-13-7-14-26(28(25)22-11-5-2-6-12-22)31-24-18-16-23(17-19-24)29-27-15-8-20-30-27;/h1-20H;1H. The van der Waals surface area contributed by atoms with Crippen molar-refractivity contribution in [2.45, 2.75) is 9.79 Å². The largest absolute Gasteiger partial charge is 1.00 e. The SMILES string of the molecule is [Cl-].c1ccc(-c2cccc([SH+]c3ccc(Oc4cccs4)cc3)c2-c2ccccc2)cc1. The van der Waals surface area contributed by atoms with E-state index >= 15 is 0 Å². The topological polar surface area (TPSA) is 9.23 Å². The maximum absolute atomic E-state index is 5.91. The lowest BCUT2D eigenvalue weighted by Gasteiger charge is -2.12. The summed E-state index contributed by atoms with van der Waals surface area (Å²) in [7, 11) is 0. The van der Waals surface area contributed by atoms with Gasteiger partial charge in [-0.2, -0.15) is 0 Å². The van der Waals surface area contributed by atoms with Gasteiger partial charge in [-0.15, -0.1) is 11.3 Å². The lowest BCUT2D eigenvalue weighted by molar-refractivity contribution is -0.00000628. The number of thiol groups is 1. The molecule has 32 heavy (non-hydrogen) atoms. The van der Waals surface area contributed by atoms with Crippen molar-refractivity contribution in [3.63, 3.8) is 0 Å². The Morgan fingerprint density at radius 3 is 1.94 bits per heavy atom. The van der Waals surface area contributed by atoms with Crippen molar-refractivity contribution < 1.29 is 17.1 Å². The van der Waals surface area contributed by atoms with Crippen LogP contribution in [0.5, 0.6) is 10.8 Å². The van der Waals surface area contributed by atoms with E-state index in [2.05, 4.69) is 91.0 Å². The van der Waals surface area contributed by atoms with Gasteiger partial charge in [-0.3, -0.25) is 0 Å². The van der Waals surface area contributed by atoms with E-state index in [1.165, 1.54) is 43.8 Å². The summed E-state index contributed by atoms with van der Waals surface area (Å²) in [5, 5.41) is 2.93. The summed E-state index contributed by atoms with van der Waals surface area (Å²) >= 11 is 2.77. The highest BCUT2D eigenvalue weighted by Gasteiger charge is 2.19. The second-order valence-corrected chi connectivity index (χ2v) is 9.20. The number of halogens is 1. The Morgan fingerprint density at radius 2 is 1.28 bits per heavy atom. The molecule has 0 atom stereocenters. The van der Waals surface area contributed by atoms with Crippen LogP contribution in [0.3, 0.4) is 0 Å². The van der Waals surface area contributed by atoms with Crippen LogP contribution in [0.4, 0.5) is 0 Å². The molecule has 5 rings (SSSR count). The fraction of sp³-hybridized carbons (Fsp3) is 0. The molecule has 0 amide bonds.